The molecule has 0 saturated carbocycles. The highest BCUT2D eigenvalue weighted by atomic mass is 127. The van der Waals surface area contributed by atoms with E-state index in [1.54, 1.807) is 7.11 Å². The Morgan fingerprint density at radius 1 is 1.33 bits per heavy atom. The number of nitrogens with one attached hydrogen (secondary N) is 1. The fourth-order valence-corrected chi connectivity index (χ4v) is 3.58. The lowest BCUT2D eigenvalue weighted by molar-refractivity contribution is -0.149. The molecule has 27 heavy (non-hydrogen) atoms. The minimum absolute atomic E-state index is 0. The van der Waals surface area contributed by atoms with Crippen LogP contribution in [0.2, 0.25) is 0 Å². The molecule has 1 aliphatic rings. The van der Waals surface area contributed by atoms with E-state index in [2.05, 4.69) is 33.1 Å². The molecule has 0 bridgehead atoms. The highest BCUT2D eigenvalue weighted by Gasteiger charge is 2.27. The Hall–Kier alpha value is -1.03. The maximum Gasteiger partial charge on any atom is 0.309 e. The van der Waals surface area contributed by atoms with Crippen molar-refractivity contribution in [3.63, 3.8) is 0 Å². The van der Waals surface area contributed by atoms with Crippen molar-refractivity contribution < 1.29 is 14.3 Å². The summed E-state index contributed by atoms with van der Waals surface area (Å²) in [6.07, 6.45) is 1.61. The third-order valence-electron chi connectivity index (χ3n) is 4.38. The maximum absolute atomic E-state index is 11.9. The first kappa shape index (κ1) is 24.0. The molecule has 1 aromatic carbocycles. The van der Waals surface area contributed by atoms with Gasteiger partial charge in [0.15, 0.2) is 5.96 Å². The smallest absolute Gasteiger partial charge is 0.309 e. The van der Waals surface area contributed by atoms with Crippen molar-refractivity contribution in [2.75, 3.05) is 33.4 Å². The lowest BCUT2D eigenvalue weighted by Gasteiger charge is -2.33. The number of likely N-dealkylation sites (tertiary alicyclic amines) is 1. The number of carbonyl (C=O) groups is 1. The predicted molar refractivity (Wildman–Crippen MR) is 122 cm³/mol. The number of halogens is 2. The number of aliphatic imine (C=N–C) groups is 1. The molecule has 2 rings (SSSR count). The van der Waals surface area contributed by atoms with Gasteiger partial charge in [-0.3, -0.25) is 4.79 Å². The summed E-state index contributed by atoms with van der Waals surface area (Å²) < 4.78 is 11.3. The molecule has 8 heteroatoms. The van der Waals surface area contributed by atoms with Crippen LogP contribution in [0.25, 0.3) is 0 Å². The second kappa shape index (κ2) is 12.4. The molecule has 0 amide bonds. The van der Waals surface area contributed by atoms with E-state index in [1.165, 1.54) is 0 Å². The van der Waals surface area contributed by atoms with Gasteiger partial charge in [-0.2, -0.15) is 0 Å². The first-order valence-electron chi connectivity index (χ1n) is 9.11. The van der Waals surface area contributed by atoms with Crippen LogP contribution in [0.15, 0.2) is 27.7 Å². The van der Waals surface area contributed by atoms with Crippen LogP contribution in [0.3, 0.4) is 0 Å². The summed E-state index contributed by atoms with van der Waals surface area (Å²) in [6.45, 7) is 7.36. The van der Waals surface area contributed by atoms with Crippen LogP contribution in [-0.2, 0) is 16.1 Å². The minimum Gasteiger partial charge on any atom is -0.496 e. The molecule has 0 spiro atoms. The monoisotopic (exact) mass is 553 g/mol. The van der Waals surface area contributed by atoms with E-state index in [0.717, 1.165) is 54.2 Å². The topological polar surface area (TPSA) is 63.2 Å². The van der Waals surface area contributed by atoms with Crippen LogP contribution in [0.1, 0.15) is 32.3 Å². The summed E-state index contributed by atoms with van der Waals surface area (Å²) in [5, 5.41) is 3.35. The summed E-state index contributed by atoms with van der Waals surface area (Å²) in [5.74, 6) is 1.64. The Bertz CT molecular complexity index is 635. The van der Waals surface area contributed by atoms with Crippen molar-refractivity contribution in [3.8, 4) is 5.75 Å². The molecule has 1 N–H and O–H groups in total. The van der Waals surface area contributed by atoms with Gasteiger partial charge in [0.05, 0.1) is 30.7 Å². The molecule has 1 fully saturated rings. The molecule has 0 unspecified atom stereocenters. The molecule has 0 aromatic heterocycles. The average Bonchev–Trinajstić information content (AvgIpc) is 2.65. The number of carbonyl (C=O) groups excluding carboxylic acids is 1. The third-order valence-corrected chi connectivity index (χ3v) is 5.00. The quantitative estimate of drug-likeness (QED) is 0.251. The van der Waals surface area contributed by atoms with Crippen LogP contribution < -0.4 is 10.1 Å². The molecule has 0 aliphatic carbocycles. The van der Waals surface area contributed by atoms with E-state index in [1.807, 2.05) is 25.1 Å². The van der Waals surface area contributed by atoms with E-state index < -0.39 is 0 Å². The second-order valence-electron chi connectivity index (χ2n) is 6.15. The molecule has 1 aromatic rings. The second-order valence-corrected chi connectivity index (χ2v) is 7.01. The number of hydrogen-bond donors (Lipinski definition) is 1. The number of guanidine groups is 1. The molecule has 1 saturated heterocycles. The molecular weight excluding hydrogens is 525 g/mol. The van der Waals surface area contributed by atoms with Gasteiger partial charge >= 0.3 is 5.97 Å². The molecular formula is C19H29BrIN3O3. The first-order chi connectivity index (χ1) is 12.6. The van der Waals surface area contributed by atoms with Gasteiger partial charge in [0.1, 0.15) is 5.75 Å². The summed E-state index contributed by atoms with van der Waals surface area (Å²) in [4.78, 5) is 18.9. The van der Waals surface area contributed by atoms with Crippen LogP contribution in [0.5, 0.6) is 5.75 Å². The number of nitrogens with zero attached hydrogens (tertiary/aromatic N) is 2. The zero-order valence-electron chi connectivity index (χ0n) is 16.2. The number of ether oxygens (including phenoxy) is 2. The van der Waals surface area contributed by atoms with Gasteiger partial charge in [-0.25, -0.2) is 4.99 Å². The van der Waals surface area contributed by atoms with E-state index in [0.29, 0.717) is 13.2 Å². The van der Waals surface area contributed by atoms with Crippen LogP contribution in [-0.4, -0.2) is 50.2 Å². The van der Waals surface area contributed by atoms with Gasteiger partial charge in [-0.05, 0) is 60.3 Å². The Kier molecular flexibility index (Phi) is 11.1. The van der Waals surface area contributed by atoms with E-state index in [9.17, 15) is 4.79 Å². The van der Waals surface area contributed by atoms with Gasteiger partial charge in [0, 0.05) is 19.6 Å². The standard InChI is InChI=1S/C19H28BrN3O3.HI/c1-4-21-19(22-13-14-6-7-17(25-3)16(20)12-14)23-10-8-15(9-11-23)18(24)26-5-2;/h6-7,12,15H,4-5,8-11,13H2,1-3H3,(H,21,22);1H. The number of esters is 1. The molecule has 152 valence electrons. The van der Waals surface area contributed by atoms with Crippen molar-refractivity contribution in [3.05, 3.63) is 28.2 Å². The van der Waals surface area contributed by atoms with Crippen LogP contribution in [0.4, 0.5) is 0 Å². The lowest BCUT2D eigenvalue weighted by atomic mass is 9.97. The number of benzene rings is 1. The highest BCUT2D eigenvalue weighted by molar-refractivity contribution is 14.0. The van der Waals surface area contributed by atoms with E-state index in [4.69, 9.17) is 14.5 Å². The van der Waals surface area contributed by atoms with Crippen molar-refractivity contribution >= 4 is 51.8 Å². The largest absolute Gasteiger partial charge is 0.496 e. The molecule has 1 aliphatic heterocycles. The zero-order chi connectivity index (χ0) is 18.9. The molecule has 0 radical (unpaired) electrons. The van der Waals surface area contributed by atoms with Gasteiger partial charge < -0.3 is 19.7 Å². The average molecular weight is 554 g/mol. The van der Waals surface area contributed by atoms with Crippen molar-refractivity contribution in [2.45, 2.75) is 33.2 Å². The zero-order valence-corrected chi connectivity index (χ0v) is 20.1. The van der Waals surface area contributed by atoms with Gasteiger partial charge in [-0.1, -0.05) is 6.07 Å². The Morgan fingerprint density at radius 3 is 2.59 bits per heavy atom. The normalized spacial score (nSPS) is 15.1. The van der Waals surface area contributed by atoms with E-state index in [-0.39, 0.29) is 35.9 Å². The molecule has 0 atom stereocenters. The number of hydrogen-bond acceptors (Lipinski definition) is 4. The Morgan fingerprint density at radius 2 is 2.04 bits per heavy atom. The first-order valence-corrected chi connectivity index (χ1v) is 9.90. The Balaban J connectivity index is 0.00000364. The summed E-state index contributed by atoms with van der Waals surface area (Å²) in [5.41, 5.74) is 1.11. The van der Waals surface area contributed by atoms with Crippen LogP contribution in [0, 0.1) is 5.92 Å². The number of piperidine rings is 1. The Labute approximate surface area is 187 Å². The lowest BCUT2D eigenvalue weighted by Crippen LogP contribution is -2.46. The third kappa shape index (κ3) is 7.14. The van der Waals surface area contributed by atoms with Crippen molar-refractivity contribution in [2.24, 2.45) is 10.9 Å². The molecule has 1 heterocycles. The van der Waals surface area contributed by atoms with Crippen molar-refractivity contribution in [1.29, 1.82) is 0 Å². The predicted octanol–water partition coefficient (Wildman–Crippen LogP) is 3.82. The minimum atomic E-state index is -0.0721. The van der Waals surface area contributed by atoms with E-state index >= 15 is 0 Å². The summed E-state index contributed by atoms with van der Waals surface area (Å²) >= 11 is 3.51. The maximum atomic E-state index is 11.9. The fourth-order valence-electron chi connectivity index (χ4n) is 2.99. The van der Waals surface area contributed by atoms with Gasteiger partial charge in [0.25, 0.3) is 0 Å². The fraction of sp³-hybridized carbons (Fsp3) is 0.579. The van der Waals surface area contributed by atoms with Crippen molar-refractivity contribution in [1.82, 2.24) is 10.2 Å². The molecule has 6 nitrogen and oxygen atoms in total. The van der Waals surface area contributed by atoms with Gasteiger partial charge in [0.2, 0.25) is 0 Å². The summed E-state index contributed by atoms with van der Waals surface area (Å²) in [6, 6.07) is 5.98. The highest BCUT2D eigenvalue weighted by Crippen LogP contribution is 2.26. The number of methoxy groups -OCH3 is 1. The number of rotatable bonds is 6. The van der Waals surface area contributed by atoms with Crippen LogP contribution >= 0.6 is 39.9 Å². The SMILES string of the molecule is CCNC(=NCc1ccc(OC)c(Br)c1)N1CCC(C(=O)OCC)CC1.I. The van der Waals surface area contributed by atoms with Gasteiger partial charge in [-0.15, -0.1) is 24.0 Å². The summed E-state index contributed by atoms with van der Waals surface area (Å²) in [7, 11) is 1.65.